The van der Waals surface area contributed by atoms with Crippen molar-refractivity contribution in [3.05, 3.63) is 78.4 Å². The minimum Gasteiger partial charge on any atom is -0.450 e. The molecule has 2 amide bonds. The number of ether oxygens (including phenoxy) is 1. The van der Waals surface area contributed by atoms with Gasteiger partial charge in [0, 0.05) is 62.0 Å². The van der Waals surface area contributed by atoms with Crippen LogP contribution < -0.4 is 0 Å². The molecule has 7 nitrogen and oxygen atoms in total. The minimum atomic E-state index is -0.210. The van der Waals surface area contributed by atoms with Crippen LogP contribution in [0.25, 0.3) is 22.5 Å². The summed E-state index contributed by atoms with van der Waals surface area (Å²) in [7, 11) is 0. The van der Waals surface area contributed by atoms with Crippen LogP contribution in [0.1, 0.15) is 30.1 Å². The number of hydrogen-bond donors (Lipinski definition) is 0. The van der Waals surface area contributed by atoms with Crippen LogP contribution in [-0.4, -0.2) is 83.6 Å². The van der Waals surface area contributed by atoms with Gasteiger partial charge in [0.1, 0.15) is 0 Å². The van der Waals surface area contributed by atoms with Crippen LogP contribution >= 0.6 is 0 Å². The van der Waals surface area contributed by atoms with Gasteiger partial charge in [-0.25, -0.2) is 9.78 Å². The molecule has 7 heteroatoms. The Balaban J connectivity index is 1.27. The van der Waals surface area contributed by atoms with E-state index in [1.165, 1.54) is 0 Å². The first-order chi connectivity index (χ1) is 18.1. The molecule has 1 aromatic heterocycles. The maximum atomic E-state index is 13.7. The summed E-state index contributed by atoms with van der Waals surface area (Å²) in [5.74, 6) is 0.0496. The van der Waals surface area contributed by atoms with Crippen molar-refractivity contribution in [3.63, 3.8) is 0 Å². The van der Waals surface area contributed by atoms with Gasteiger partial charge in [0.05, 0.1) is 18.0 Å². The Bertz CT molecular complexity index is 1140. The lowest BCUT2D eigenvalue weighted by atomic mass is 10.0. The zero-order valence-electron chi connectivity index (χ0n) is 21.4. The largest absolute Gasteiger partial charge is 0.450 e. The molecule has 0 saturated carbocycles. The van der Waals surface area contributed by atoms with Gasteiger partial charge in [-0.3, -0.25) is 9.69 Å². The van der Waals surface area contributed by atoms with E-state index in [1.807, 2.05) is 84.6 Å². The average Bonchev–Trinajstić information content (AvgIpc) is 2.98. The van der Waals surface area contributed by atoms with E-state index in [0.717, 1.165) is 61.5 Å². The molecule has 0 spiro atoms. The van der Waals surface area contributed by atoms with Crippen molar-refractivity contribution in [3.8, 4) is 22.5 Å². The first-order valence-corrected chi connectivity index (χ1v) is 13.2. The highest BCUT2D eigenvalue weighted by Crippen LogP contribution is 2.26. The maximum Gasteiger partial charge on any atom is 0.409 e. The van der Waals surface area contributed by atoms with Crippen LogP contribution in [-0.2, 0) is 4.74 Å². The van der Waals surface area contributed by atoms with E-state index in [9.17, 15) is 9.59 Å². The summed E-state index contributed by atoms with van der Waals surface area (Å²) in [6, 6.07) is 24.3. The van der Waals surface area contributed by atoms with Crippen LogP contribution in [0.5, 0.6) is 0 Å². The second-order valence-electron chi connectivity index (χ2n) is 9.60. The van der Waals surface area contributed by atoms with Crippen LogP contribution in [0.3, 0.4) is 0 Å². The number of benzene rings is 2. The molecule has 37 heavy (non-hydrogen) atoms. The lowest BCUT2D eigenvalue weighted by Gasteiger charge is -2.42. The zero-order valence-corrected chi connectivity index (χ0v) is 21.4. The number of rotatable bonds is 5. The number of likely N-dealkylation sites (tertiary alicyclic amines) is 1. The summed E-state index contributed by atoms with van der Waals surface area (Å²) in [4.78, 5) is 36.8. The zero-order chi connectivity index (χ0) is 25.6. The Kier molecular flexibility index (Phi) is 7.80. The number of amides is 2. The van der Waals surface area contributed by atoms with E-state index in [0.29, 0.717) is 31.3 Å². The molecule has 0 N–H and O–H groups in total. The Morgan fingerprint density at radius 2 is 1.32 bits per heavy atom. The van der Waals surface area contributed by atoms with Crippen LogP contribution in [0.2, 0.25) is 0 Å². The third-order valence-corrected chi connectivity index (χ3v) is 7.32. The Labute approximate surface area is 218 Å². The van der Waals surface area contributed by atoms with Gasteiger partial charge in [0.25, 0.3) is 5.91 Å². The lowest BCUT2D eigenvalue weighted by molar-refractivity contribution is 0.0417. The summed E-state index contributed by atoms with van der Waals surface area (Å²) < 4.78 is 5.14. The second-order valence-corrected chi connectivity index (χ2v) is 9.60. The molecule has 3 aromatic rings. The highest BCUT2D eigenvalue weighted by Gasteiger charge is 2.31. The van der Waals surface area contributed by atoms with E-state index in [4.69, 9.17) is 9.72 Å². The van der Waals surface area contributed by atoms with E-state index in [-0.39, 0.29) is 12.0 Å². The molecule has 2 aliphatic heterocycles. The van der Waals surface area contributed by atoms with E-state index >= 15 is 0 Å². The molecular formula is C30H34N4O3. The van der Waals surface area contributed by atoms with Gasteiger partial charge >= 0.3 is 6.09 Å². The number of carbonyl (C=O) groups is 2. The summed E-state index contributed by atoms with van der Waals surface area (Å²) in [6.45, 7) is 6.78. The predicted octanol–water partition coefficient (Wildman–Crippen LogP) is 4.79. The van der Waals surface area contributed by atoms with Gasteiger partial charge in [-0.1, -0.05) is 60.7 Å². The Hall–Kier alpha value is -3.71. The first kappa shape index (κ1) is 25.0. The molecule has 3 heterocycles. The van der Waals surface area contributed by atoms with Crippen molar-refractivity contribution >= 4 is 12.0 Å². The smallest absolute Gasteiger partial charge is 0.409 e. The summed E-state index contributed by atoms with van der Waals surface area (Å²) in [5.41, 5.74) is 4.26. The topological polar surface area (TPSA) is 66.0 Å². The van der Waals surface area contributed by atoms with Crippen LogP contribution in [0, 0.1) is 0 Å². The van der Waals surface area contributed by atoms with Crippen molar-refractivity contribution in [2.75, 3.05) is 45.9 Å². The number of carbonyl (C=O) groups excluding carboxylic acids is 2. The van der Waals surface area contributed by atoms with Crippen molar-refractivity contribution in [1.82, 2.24) is 19.7 Å². The van der Waals surface area contributed by atoms with Crippen molar-refractivity contribution in [1.29, 1.82) is 0 Å². The van der Waals surface area contributed by atoms with Gasteiger partial charge < -0.3 is 14.5 Å². The van der Waals surface area contributed by atoms with Gasteiger partial charge in [-0.2, -0.15) is 0 Å². The SMILES string of the molecule is CCOC(=O)N1CCC(N2CCN(C(=O)c3cc(-c4ccccc4)nc(-c4ccccc4)c3)CC2)CC1. The van der Waals surface area contributed by atoms with Crippen molar-refractivity contribution in [2.24, 2.45) is 0 Å². The number of aromatic nitrogens is 1. The second kappa shape index (κ2) is 11.6. The third kappa shape index (κ3) is 5.83. The fourth-order valence-electron chi connectivity index (χ4n) is 5.27. The number of pyridine rings is 1. The molecule has 2 aromatic carbocycles. The van der Waals surface area contributed by atoms with E-state index in [2.05, 4.69) is 4.90 Å². The van der Waals surface area contributed by atoms with Gasteiger partial charge in [0.2, 0.25) is 0 Å². The lowest BCUT2D eigenvalue weighted by Crippen LogP contribution is -2.54. The molecule has 0 unspecified atom stereocenters. The van der Waals surface area contributed by atoms with E-state index < -0.39 is 0 Å². The molecule has 2 saturated heterocycles. The molecule has 0 aliphatic carbocycles. The highest BCUT2D eigenvalue weighted by atomic mass is 16.6. The van der Waals surface area contributed by atoms with Gasteiger partial charge in [0.15, 0.2) is 0 Å². The van der Waals surface area contributed by atoms with Crippen LogP contribution in [0.15, 0.2) is 72.8 Å². The van der Waals surface area contributed by atoms with Gasteiger partial charge in [-0.15, -0.1) is 0 Å². The monoisotopic (exact) mass is 498 g/mol. The molecular weight excluding hydrogens is 464 g/mol. The normalized spacial score (nSPS) is 17.0. The summed E-state index contributed by atoms with van der Waals surface area (Å²) in [5, 5.41) is 0. The summed E-state index contributed by atoms with van der Waals surface area (Å²) in [6.07, 6.45) is 1.68. The third-order valence-electron chi connectivity index (χ3n) is 7.32. The Morgan fingerprint density at radius 1 is 0.784 bits per heavy atom. The first-order valence-electron chi connectivity index (χ1n) is 13.2. The van der Waals surface area contributed by atoms with Crippen molar-refractivity contribution < 1.29 is 14.3 Å². The molecule has 2 fully saturated rings. The fourth-order valence-corrected chi connectivity index (χ4v) is 5.27. The molecule has 0 atom stereocenters. The number of piperazine rings is 1. The van der Waals surface area contributed by atoms with E-state index in [1.54, 1.807) is 4.90 Å². The Morgan fingerprint density at radius 3 is 1.84 bits per heavy atom. The quantitative estimate of drug-likeness (QED) is 0.506. The molecule has 5 rings (SSSR count). The molecule has 2 aliphatic rings. The van der Waals surface area contributed by atoms with Crippen molar-refractivity contribution in [2.45, 2.75) is 25.8 Å². The number of piperidine rings is 1. The molecule has 0 bridgehead atoms. The summed E-state index contributed by atoms with van der Waals surface area (Å²) >= 11 is 0. The predicted molar refractivity (Wildman–Crippen MR) is 144 cm³/mol. The molecule has 0 radical (unpaired) electrons. The number of nitrogens with zero attached hydrogens (tertiary/aromatic N) is 4. The fraction of sp³-hybridized carbons (Fsp3) is 0.367. The standard InChI is InChI=1S/C30H34N4O3/c1-2-37-30(36)34-15-13-26(14-16-34)32-17-19-33(20-18-32)29(35)25-21-27(23-9-5-3-6-10-23)31-28(22-25)24-11-7-4-8-12-24/h3-12,21-22,26H,2,13-20H2,1H3. The molecule has 192 valence electrons. The average molecular weight is 499 g/mol. The minimum absolute atomic E-state index is 0.0496. The number of hydrogen-bond acceptors (Lipinski definition) is 5. The highest BCUT2D eigenvalue weighted by molar-refractivity contribution is 5.96. The van der Waals surface area contributed by atoms with Gasteiger partial charge in [-0.05, 0) is 31.9 Å². The van der Waals surface area contributed by atoms with Crippen LogP contribution in [0.4, 0.5) is 4.79 Å². The maximum absolute atomic E-state index is 13.7.